The minimum Gasteiger partial charge on any atom is -0.453 e. The molecule has 0 aliphatic carbocycles. The molecule has 0 N–H and O–H groups in total. The maximum atomic E-state index is 11.8. The summed E-state index contributed by atoms with van der Waals surface area (Å²) in [6.07, 6.45) is 1.67. The minimum absolute atomic E-state index is 0.218. The summed E-state index contributed by atoms with van der Waals surface area (Å²) >= 11 is 0. The normalized spacial score (nSPS) is 28.5. The van der Waals surface area contributed by atoms with Crippen LogP contribution in [0.3, 0.4) is 0 Å². The second kappa shape index (κ2) is 5.49. The zero-order valence-corrected chi connectivity index (χ0v) is 10.9. The van der Waals surface area contributed by atoms with Gasteiger partial charge in [0.2, 0.25) is 0 Å². The number of hydrogen-bond acceptors (Lipinski definition) is 4. The number of aldehydes is 1. The highest BCUT2D eigenvalue weighted by molar-refractivity contribution is 5.77. The van der Waals surface area contributed by atoms with Gasteiger partial charge in [-0.15, -0.1) is 0 Å². The molecule has 0 unspecified atom stereocenters. The van der Waals surface area contributed by atoms with Gasteiger partial charge in [0.15, 0.2) is 0 Å². The topological polar surface area (TPSA) is 55.8 Å². The summed E-state index contributed by atoms with van der Waals surface area (Å²) < 4.78 is 10.4. The SMILES string of the molecule is CCC(CC)[C@H]1OC[C@@](C)(C=O)N1C(=O)OC. The second-order valence-corrected chi connectivity index (χ2v) is 4.59. The molecule has 0 radical (unpaired) electrons. The molecule has 0 aromatic carbocycles. The van der Waals surface area contributed by atoms with E-state index in [-0.39, 0.29) is 18.8 Å². The van der Waals surface area contributed by atoms with E-state index in [1.54, 1.807) is 6.92 Å². The molecular formula is C12H21NO4. The Bertz CT molecular complexity index is 290. The van der Waals surface area contributed by atoms with E-state index in [2.05, 4.69) is 0 Å². The van der Waals surface area contributed by atoms with Crippen LogP contribution in [0.25, 0.3) is 0 Å². The van der Waals surface area contributed by atoms with Crippen LogP contribution < -0.4 is 0 Å². The Morgan fingerprint density at radius 2 is 2.18 bits per heavy atom. The maximum absolute atomic E-state index is 11.8. The van der Waals surface area contributed by atoms with E-state index in [0.29, 0.717) is 0 Å². The smallest absolute Gasteiger partial charge is 0.412 e. The first-order valence-corrected chi connectivity index (χ1v) is 5.99. The molecule has 1 fully saturated rings. The highest BCUT2D eigenvalue weighted by Crippen LogP contribution is 2.33. The molecule has 0 aromatic heterocycles. The van der Waals surface area contributed by atoms with E-state index in [0.717, 1.165) is 19.1 Å². The van der Waals surface area contributed by atoms with Crippen molar-refractivity contribution in [3.63, 3.8) is 0 Å². The van der Waals surface area contributed by atoms with Crippen LogP contribution in [-0.2, 0) is 14.3 Å². The number of amides is 1. The lowest BCUT2D eigenvalue weighted by Gasteiger charge is -2.33. The lowest BCUT2D eigenvalue weighted by Crippen LogP contribution is -2.53. The van der Waals surface area contributed by atoms with Gasteiger partial charge in [0.1, 0.15) is 18.1 Å². The Kier molecular flexibility index (Phi) is 4.51. The monoisotopic (exact) mass is 243 g/mol. The van der Waals surface area contributed by atoms with Crippen molar-refractivity contribution in [2.45, 2.75) is 45.4 Å². The van der Waals surface area contributed by atoms with Gasteiger partial charge in [-0.05, 0) is 19.8 Å². The first kappa shape index (κ1) is 14.0. The molecule has 1 saturated heterocycles. The summed E-state index contributed by atoms with van der Waals surface area (Å²) in [6, 6.07) is 0. The molecule has 0 aromatic rings. The molecule has 1 aliphatic heterocycles. The van der Waals surface area contributed by atoms with Crippen LogP contribution in [0.4, 0.5) is 4.79 Å². The fourth-order valence-corrected chi connectivity index (χ4v) is 2.23. The van der Waals surface area contributed by atoms with Gasteiger partial charge in [-0.25, -0.2) is 4.79 Å². The summed E-state index contributed by atoms with van der Waals surface area (Å²) in [4.78, 5) is 24.4. The maximum Gasteiger partial charge on any atom is 0.412 e. The number of rotatable bonds is 4. The number of carbonyl (C=O) groups is 2. The summed E-state index contributed by atoms with van der Waals surface area (Å²) in [5.41, 5.74) is -0.916. The lowest BCUT2D eigenvalue weighted by atomic mass is 9.98. The van der Waals surface area contributed by atoms with Crippen molar-refractivity contribution in [3.05, 3.63) is 0 Å². The van der Waals surface area contributed by atoms with Crippen LogP contribution in [0.2, 0.25) is 0 Å². The molecule has 0 bridgehead atoms. The third-order valence-electron chi connectivity index (χ3n) is 3.43. The molecule has 17 heavy (non-hydrogen) atoms. The first-order chi connectivity index (χ1) is 8.03. The van der Waals surface area contributed by atoms with Crippen molar-refractivity contribution in [3.8, 4) is 0 Å². The third kappa shape index (κ3) is 2.44. The molecule has 5 nitrogen and oxygen atoms in total. The molecule has 0 saturated carbocycles. The molecule has 5 heteroatoms. The summed E-state index contributed by atoms with van der Waals surface area (Å²) in [5, 5.41) is 0. The predicted molar refractivity (Wildman–Crippen MR) is 62.5 cm³/mol. The number of nitrogens with zero attached hydrogens (tertiary/aromatic N) is 1. The first-order valence-electron chi connectivity index (χ1n) is 5.99. The Morgan fingerprint density at radius 1 is 1.59 bits per heavy atom. The van der Waals surface area contributed by atoms with Crippen molar-refractivity contribution in [2.75, 3.05) is 13.7 Å². The van der Waals surface area contributed by atoms with Crippen molar-refractivity contribution in [1.82, 2.24) is 4.90 Å². The quantitative estimate of drug-likeness (QED) is 0.706. The van der Waals surface area contributed by atoms with Crippen molar-refractivity contribution < 1.29 is 19.1 Å². The van der Waals surface area contributed by atoms with Gasteiger partial charge >= 0.3 is 6.09 Å². The number of ether oxygens (including phenoxy) is 2. The van der Waals surface area contributed by atoms with Gasteiger partial charge in [-0.2, -0.15) is 0 Å². The summed E-state index contributed by atoms with van der Waals surface area (Å²) in [6.45, 7) is 6.01. The molecule has 1 amide bonds. The van der Waals surface area contributed by atoms with E-state index < -0.39 is 11.6 Å². The fraction of sp³-hybridized carbons (Fsp3) is 0.833. The molecule has 1 aliphatic rings. The van der Waals surface area contributed by atoms with Crippen molar-refractivity contribution >= 4 is 12.4 Å². The summed E-state index contributed by atoms with van der Waals surface area (Å²) in [7, 11) is 1.32. The molecule has 1 heterocycles. The van der Waals surface area contributed by atoms with Crippen LogP contribution in [0, 0.1) is 5.92 Å². The molecule has 98 valence electrons. The molecule has 2 atom stereocenters. The van der Waals surface area contributed by atoms with E-state index in [9.17, 15) is 9.59 Å². The standard InChI is InChI=1S/C12H21NO4/c1-5-9(6-2)10-13(11(15)16-4)12(3,7-14)8-17-10/h7,9-10H,5-6,8H2,1-4H3/t10-,12-/m1/s1. The van der Waals surface area contributed by atoms with Gasteiger partial charge in [-0.1, -0.05) is 13.8 Å². The van der Waals surface area contributed by atoms with E-state index >= 15 is 0 Å². The van der Waals surface area contributed by atoms with Gasteiger partial charge < -0.3 is 14.3 Å². The lowest BCUT2D eigenvalue weighted by molar-refractivity contribution is -0.116. The number of carbonyl (C=O) groups excluding carboxylic acids is 2. The van der Waals surface area contributed by atoms with Gasteiger partial charge in [-0.3, -0.25) is 4.90 Å². The Labute approximate surface area is 102 Å². The Balaban J connectivity index is 2.99. The highest BCUT2D eigenvalue weighted by Gasteiger charge is 2.49. The average molecular weight is 243 g/mol. The van der Waals surface area contributed by atoms with E-state index in [4.69, 9.17) is 9.47 Å². The summed E-state index contributed by atoms with van der Waals surface area (Å²) in [5.74, 6) is 0.218. The third-order valence-corrected chi connectivity index (χ3v) is 3.43. The van der Waals surface area contributed by atoms with E-state index in [1.807, 2.05) is 13.8 Å². The van der Waals surface area contributed by atoms with Crippen LogP contribution >= 0.6 is 0 Å². The number of hydrogen-bond donors (Lipinski definition) is 0. The molecule has 1 rings (SSSR count). The van der Waals surface area contributed by atoms with Crippen LogP contribution in [0.15, 0.2) is 0 Å². The van der Waals surface area contributed by atoms with Gasteiger partial charge in [0, 0.05) is 5.92 Å². The Morgan fingerprint density at radius 3 is 2.59 bits per heavy atom. The van der Waals surface area contributed by atoms with Gasteiger partial charge in [0.25, 0.3) is 0 Å². The number of methoxy groups -OCH3 is 1. The second-order valence-electron chi connectivity index (χ2n) is 4.59. The molecule has 0 spiro atoms. The zero-order chi connectivity index (χ0) is 13.1. The van der Waals surface area contributed by atoms with E-state index in [1.165, 1.54) is 12.0 Å². The molecular weight excluding hydrogens is 222 g/mol. The van der Waals surface area contributed by atoms with Crippen LogP contribution in [0.5, 0.6) is 0 Å². The van der Waals surface area contributed by atoms with Crippen LogP contribution in [0.1, 0.15) is 33.6 Å². The van der Waals surface area contributed by atoms with Crippen molar-refractivity contribution in [2.24, 2.45) is 5.92 Å². The highest BCUT2D eigenvalue weighted by atomic mass is 16.6. The predicted octanol–water partition coefficient (Wildman–Crippen LogP) is 1.80. The Hall–Kier alpha value is -1.10. The van der Waals surface area contributed by atoms with Crippen LogP contribution in [-0.4, -0.2) is 42.8 Å². The largest absolute Gasteiger partial charge is 0.453 e. The minimum atomic E-state index is -0.916. The zero-order valence-electron chi connectivity index (χ0n) is 10.9. The van der Waals surface area contributed by atoms with Gasteiger partial charge in [0.05, 0.1) is 13.7 Å². The van der Waals surface area contributed by atoms with Crippen molar-refractivity contribution in [1.29, 1.82) is 0 Å². The fourth-order valence-electron chi connectivity index (χ4n) is 2.23. The average Bonchev–Trinajstić information content (AvgIpc) is 2.69.